The van der Waals surface area contributed by atoms with E-state index in [4.69, 9.17) is 15.7 Å². The molecule has 6 rings (SSSR count). The minimum Gasteiger partial charge on any atom is -0.399 e. The maximum absolute atomic E-state index is 6.13. The van der Waals surface area contributed by atoms with E-state index in [0.29, 0.717) is 11.8 Å². The molecule has 1 aliphatic carbocycles. The molecular formula is C26H31N5. The van der Waals surface area contributed by atoms with Gasteiger partial charge < -0.3 is 15.5 Å². The first kappa shape index (κ1) is 18.9. The van der Waals surface area contributed by atoms with E-state index in [0.717, 1.165) is 60.1 Å². The van der Waals surface area contributed by atoms with Crippen LogP contribution in [-0.2, 0) is 0 Å². The Labute approximate surface area is 184 Å². The molecule has 1 saturated carbocycles. The summed E-state index contributed by atoms with van der Waals surface area (Å²) in [4.78, 5) is 14.9. The van der Waals surface area contributed by atoms with Gasteiger partial charge in [-0.1, -0.05) is 25.1 Å². The Morgan fingerprint density at radius 2 is 1.65 bits per heavy atom. The van der Waals surface area contributed by atoms with Crippen LogP contribution in [0.25, 0.3) is 10.9 Å². The van der Waals surface area contributed by atoms with Gasteiger partial charge in [-0.05, 0) is 67.3 Å². The lowest BCUT2D eigenvalue weighted by molar-refractivity contribution is 0.441. The van der Waals surface area contributed by atoms with Crippen molar-refractivity contribution in [3.8, 4) is 0 Å². The fourth-order valence-electron chi connectivity index (χ4n) is 5.33. The number of fused-ring (bicyclic) bond motifs is 1. The molecule has 3 aliphatic rings. The van der Waals surface area contributed by atoms with Crippen LogP contribution in [0.2, 0.25) is 0 Å². The third-order valence-corrected chi connectivity index (χ3v) is 7.24. The first-order valence-corrected chi connectivity index (χ1v) is 11.8. The van der Waals surface area contributed by atoms with Gasteiger partial charge in [0.15, 0.2) is 0 Å². The number of hydrogen-bond donors (Lipinski definition) is 1. The summed E-state index contributed by atoms with van der Waals surface area (Å²) in [5.41, 5.74) is 10.9. The van der Waals surface area contributed by atoms with Gasteiger partial charge in [0.25, 0.3) is 0 Å². The number of benzene rings is 2. The largest absolute Gasteiger partial charge is 0.399 e. The van der Waals surface area contributed by atoms with E-state index in [1.165, 1.54) is 37.2 Å². The number of anilines is 3. The Morgan fingerprint density at radius 1 is 0.871 bits per heavy atom. The molecule has 5 heteroatoms. The molecule has 0 atom stereocenters. The summed E-state index contributed by atoms with van der Waals surface area (Å²) >= 11 is 0. The highest BCUT2D eigenvalue weighted by Gasteiger charge is 2.31. The Morgan fingerprint density at radius 3 is 2.39 bits per heavy atom. The third kappa shape index (κ3) is 3.50. The molecule has 3 heterocycles. The predicted octanol–water partition coefficient (Wildman–Crippen LogP) is 4.93. The van der Waals surface area contributed by atoms with Crippen LogP contribution in [0.1, 0.15) is 55.8 Å². The van der Waals surface area contributed by atoms with Crippen molar-refractivity contribution in [2.24, 2.45) is 5.92 Å². The third-order valence-electron chi connectivity index (χ3n) is 7.24. The fourth-order valence-corrected chi connectivity index (χ4v) is 5.33. The number of aromatic nitrogens is 2. The minimum absolute atomic E-state index is 0.545. The summed E-state index contributed by atoms with van der Waals surface area (Å²) in [6.45, 7) is 6.77. The highest BCUT2D eigenvalue weighted by molar-refractivity contribution is 5.92. The lowest BCUT2D eigenvalue weighted by Crippen LogP contribution is -2.46. The molecule has 2 saturated heterocycles. The predicted molar refractivity (Wildman–Crippen MR) is 128 cm³/mol. The van der Waals surface area contributed by atoms with E-state index in [2.05, 4.69) is 47.1 Å². The second-order valence-electron chi connectivity index (χ2n) is 9.79. The number of nitrogens with zero attached hydrogens (tertiary/aromatic N) is 4. The lowest BCUT2D eigenvalue weighted by atomic mass is 9.86. The Balaban J connectivity index is 1.26. The van der Waals surface area contributed by atoms with Gasteiger partial charge in [-0.3, -0.25) is 0 Å². The van der Waals surface area contributed by atoms with Crippen LogP contribution in [0.5, 0.6) is 0 Å². The fraction of sp³-hybridized carbons (Fsp3) is 0.462. The molecule has 3 aromatic rings. The molecule has 1 aromatic heterocycles. The van der Waals surface area contributed by atoms with Crippen molar-refractivity contribution in [1.82, 2.24) is 9.97 Å². The van der Waals surface area contributed by atoms with Gasteiger partial charge in [0, 0.05) is 48.9 Å². The molecule has 2 aromatic carbocycles. The van der Waals surface area contributed by atoms with E-state index < -0.39 is 0 Å². The van der Waals surface area contributed by atoms with Crippen molar-refractivity contribution in [3.05, 3.63) is 53.9 Å². The molecule has 160 valence electrons. The molecular weight excluding hydrogens is 382 g/mol. The molecule has 0 radical (unpaired) electrons. The molecule has 0 unspecified atom stereocenters. The minimum atomic E-state index is 0.545. The molecule has 31 heavy (non-hydrogen) atoms. The van der Waals surface area contributed by atoms with Gasteiger partial charge in [-0.15, -0.1) is 0 Å². The van der Waals surface area contributed by atoms with Gasteiger partial charge in [0.05, 0.1) is 5.52 Å². The van der Waals surface area contributed by atoms with E-state index in [1.807, 2.05) is 12.1 Å². The van der Waals surface area contributed by atoms with Gasteiger partial charge >= 0.3 is 0 Å². The molecule has 3 fully saturated rings. The molecule has 5 nitrogen and oxygen atoms in total. The first-order valence-electron chi connectivity index (χ1n) is 11.8. The molecule has 2 N–H and O–H groups in total. The maximum atomic E-state index is 6.13. The van der Waals surface area contributed by atoms with E-state index in [1.54, 1.807) is 0 Å². The quantitative estimate of drug-likeness (QED) is 0.615. The van der Waals surface area contributed by atoms with Crippen LogP contribution in [0.4, 0.5) is 17.2 Å². The zero-order valence-electron chi connectivity index (χ0n) is 18.3. The van der Waals surface area contributed by atoms with Gasteiger partial charge in [-0.25, -0.2) is 9.97 Å². The Bertz CT molecular complexity index is 1110. The normalized spacial score (nSPS) is 20.3. The number of nitrogen functional groups attached to an aromatic ring is 1. The maximum Gasteiger partial charge on any atom is 0.140 e. The smallest absolute Gasteiger partial charge is 0.140 e. The SMILES string of the molecule is CC1CN(c2ccccc2C2CCN(c3nc(C4CC4)nc4ccc(N)cc34)CC2)C1. The number of piperidine rings is 1. The van der Waals surface area contributed by atoms with E-state index in [9.17, 15) is 0 Å². The van der Waals surface area contributed by atoms with Crippen LogP contribution < -0.4 is 15.5 Å². The van der Waals surface area contributed by atoms with Crippen molar-refractivity contribution in [1.29, 1.82) is 0 Å². The average molecular weight is 414 g/mol. The Hall–Kier alpha value is -2.82. The zero-order chi connectivity index (χ0) is 20.9. The van der Waals surface area contributed by atoms with Crippen LogP contribution in [0.3, 0.4) is 0 Å². The van der Waals surface area contributed by atoms with Crippen molar-refractivity contribution >= 4 is 28.1 Å². The standard InChI is InChI=1S/C26H31N5/c1-17-15-31(16-17)24-5-3-2-4-21(24)18-10-12-30(13-11-18)26-22-14-20(27)8-9-23(22)28-25(29-26)19-6-7-19/h2-5,8-9,14,17-19H,6-7,10-13,15-16,27H2,1H3. The summed E-state index contributed by atoms with van der Waals surface area (Å²) in [6.07, 6.45) is 4.75. The van der Waals surface area contributed by atoms with Crippen LogP contribution in [0, 0.1) is 5.92 Å². The van der Waals surface area contributed by atoms with E-state index >= 15 is 0 Å². The van der Waals surface area contributed by atoms with Gasteiger partial charge in [-0.2, -0.15) is 0 Å². The van der Waals surface area contributed by atoms with Gasteiger partial charge in [0.2, 0.25) is 0 Å². The lowest BCUT2D eigenvalue weighted by Gasteiger charge is -2.42. The summed E-state index contributed by atoms with van der Waals surface area (Å²) < 4.78 is 0. The number of para-hydroxylation sites is 1. The molecule has 0 bridgehead atoms. The number of rotatable bonds is 4. The monoisotopic (exact) mass is 413 g/mol. The van der Waals surface area contributed by atoms with Crippen LogP contribution in [0.15, 0.2) is 42.5 Å². The summed E-state index contributed by atoms with van der Waals surface area (Å²) in [7, 11) is 0. The molecule has 2 aliphatic heterocycles. The molecule has 0 amide bonds. The zero-order valence-corrected chi connectivity index (χ0v) is 18.3. The van der Waals surface area contributed by atoms with E-state index in [-0.39, 0.29) is 0 Å². The number of nitrogens with two attached hydrogens (primary N) is 1. The van der Waals surface area contributed by atoms with Crippen molar-refractivity contribution in [2.75, 3.05) is 41.7 Å². The second-order valence-corrected chi connectivity index (χ2v) is 9.79. The topological polar surface area (TPSA) is 58.3 Å². The summed E-state index contributed by atoms with van der Waals surface area (Å²) in [5, 5.41) is 1.10. The van der Waals surface area contributed by atoms with Crippen molar-refractivity contribution < 1.29 is 0 Å². The highest BCUT2D eigenvalue weighted by atomic mass is 15.2. The molecule has 0 spiro atoms. The summed E-state index contributed by atoms with van der Waals surface area (Å²) in [6, 6.07) is 15.1. The van der Waals surface area contributed by atoms with Crippen LogP contribution >= 0.6 is 0 Å². The second kappa shape index (κ2) is 7.40. The number of hydrogen-bond acceptors (Lipinski definition) is 5. The average Bonchev–Trinajstić information content (AvgIpc) is 3.62. The van der Waals surface area contributed by atoms with Crippen molar-refractivity contribution in [2.45, 2.75) is 44.4 Å². The summed E-state index contributed by atoms with van der Waals surface area (Å²) in [5.74, 6) is 4.08. The van der Waals surface area contributed by atoms with Gasteiger partial charge in [0.1, 0.15) is 11.6 Å². The van der Waals surface area contributed by atoms with Crippen molar-refractivity contribution in [3.63, 3.8) is 0 Å². The van der Waals surface area contributed by atoms with Crippen LogP contribution in [-0.4, -0.2) is 36.1 Å². The first-order chi connectivity index (χ1) is 15.2. The highest BCUT2D eigenvalue weighted by Crippen LogP contribution is 2.42. The Kier molecular flexibility index (Phi) is 4.51.